The van der Waals surface area contributed by atoms with Crippen LogP contribution in [0.3, 0.4) is 0 Å². The molecule has 132 valence electrons. The van der Waals surface area contributed by atoms with Gasteiger partial charge in [0.15, 0.2) is 0 Å². The van der Waals surface area contributed by atoms with Crippen molar-refractivity contribution in [3.8, 4) is 0 Å². The molecule has 4 fully saturated rings. The van der Waals surface area contributed by atoms with Crippen molar-refractivity contribution < 1.29 is 9.53 Å². The van der Waals surface area contributed by atoms with Gasteiger partial charge >= 0.3 is 0 Å². The van der Waals surface area contributed by atoms with E-state index in [9.17, 15) is 4.79 Å². The van der Waals surface area contributed by atoms with Gasteiger partial charge in [-0.2, -0.15) is 0 Å². The van der Waals surface area contributed by atoms with Gasteiger partial charge < -0.3 is 15.0 Å². The Morgan fingerprint density at radius 1 is 1.40 bits per heavy atom. The van der Waals surface area contributed by atoms with Crippen molar-refractivity contribution in [3.05, 3.63) is 42.5 Å². The summed E-state index contributed by atoms with van der Waals surface area (Å²) in [6.45, 7) is 6.06. The monoisotopic (exact) mass is 358 g/mol. The van der Waals surface area contributed by atoms with Crippen molar-refractivity contribution in [2.45, 2.75) is 24.0 Å². The number of anilines is 1. The smallest absolute Gasteiger partial charge is 0.238 e. The number of fused-ring (bicyclic) bond motifs is 5. The van der Waals surface area contributed by atoms with Crippen LogP contribution in [0.25, 0.3) is 0 Å². The predicted molar refractivity (Wildman–Crippen MR) is 97.9 cm³/mol. The molecule has 1 aromatic carbocycles. The molecule has 3 aliphatic heterocycles. The average molecular weight is 359 g/mol. The molecular weight excluding hydrogens is 336 g/mol. The molecule has 2 saturated carbocycles. The first-order valence-corrected chi connectivity index (χ1v) is 9.01. The van der Waals surface area contributed by atoms with Crippen molar-refractivity contribution in [1.82, 2.24) is 4.90 Å². The summed E-state index contributed by atoms with van der Waals surface area (Å²) >= 11 is 0. The highest BCUT2D eigenvalue weighted by molar-refractivity contribution is 6.07. The Labute approximate surface area is 154 Å². The number of likely N-dealkylation sites (tertiary alicyclic amines) is 1. The third-order valence-corrected chi connectivity index (χ3v) is 7.93. The van der Waals surface area contributed by atoms with Crippen molar-refractivity contribution in [1.29, 1.82) is 0 Å². The second kappa shape index (κ2) is 4.67. The van der Waals surface area contributed by atoms with E-state index in [0.717, 1.165) is 30.8 Å². The van der Waals surface area contributed by atoms with Crippen LogP contribution < -0.4 is 5.32 Å². The van der Waals surface area contributed by atoms with Gasteiger partial charge in [0.25, 0.3) is 0 Å². The molecule has 4 nitrogen and oxygen atoms in total. The number of ether oxygens (including phenoxy) is 1. The highest BCUT2D eigenvalue weighted by Crippen LogP contribution is 2.73. The van der Waals surface area contributed by atoms with E-state index in [2.05, 4.69) is 42.1 Å². The minimum absolute atomic E-state index is 0. The van der Waals surface area contributed by atoms with Crippen molar-refractivity contribution >= 4 is 24.0 Å². The molecule has 3 heterocycles. The molecule has 1 N–H and O–H groups in total. The van der Waals surface area contributed by atoms with Crippen LogP contribution in [-0.4, -0.2) is 43.2 Å². The second-order valence-electron chi connectivity index (χ2n) is 8.40. The van der Waals surface area contributed by atoms with Gasteiger partial charge in [0.1, 0.15) is 5.41 Å². The summed E-state index contributed by atoms with van der Waals surface area (Å²) in [5.41, 5.74) is 1.61. The lowest BCUT2D eigenvalue weighted by molar-refractivity contribution is -0.153. The Hall–Kier alpha value is -1.36. The first-order valence-electron chi connectivity index (χ1n) is 9.01. The van der Waals surface area contributed by atoms with Crippen LogP contribution in [0, 0.1) is 23.2 Å². The third-order valence-electron chi connectivity index (χ3n) is 7.93. The molecule has 6 rings (SSSR count). The Balaban J connectivity index is 0.00000140. The van der Waals surface area contributed by atoms with Gasteiger partial charge in [0.2, 0.25) is 5.91 Å². The van der Waals surface area contributed by atoms with Crippen LogP contribution >= 0.6 is 12.4 Å². The lowest BCUT2D eigenvalue weighted by Crippen LogP contribution is -2.62. The summed E-state index contributed by atoms with van der Waals surface area (Å²) in [6.07, 6.45) is 3.17. The van der Waals surface area contributed by atoms with Crippen LogP contribution in [-0.2, 0) is 14.9 Å². The van der Waals surface area contributed by atoms with E-state index in [1.807, 2.05) is 12.1 Å². The summed E-state index contributed by atoms with van der Waals surface area (Å²) < 4.78 is 6.34. The van der Waals surface area contributed by atoms with Gasteiger partial charge in [-0.15, -0.1) is 19.0 Å². The van der Waals surface area contributed by atoms with Gasteiger partial charge in [-0.3, -0.25) is 4.79 Å². The van der Waals surface area contributed by atoms with E-state index in [0.29, 0.717) is 17.9 Å². The third kappa shape index (κ3) is 1.41. The SMILES string of the molecule is C=C[C@]12CN(C)C3C1[C@@]1(C(=O)Nc4ccccc41)[C@@H]1CC2[C@@H]3CO1.Cl. The number of piperidine rings is 1. The number of halogens is 1. The van der Waals surface area contributed by atoms with Crippen LogP contribution in [0.2, 0.25) is 0 Å². The molecule has 3 unspecified atom stereocenters. The van der Waals surface area contributed by atoms with Gasteiger partial charge in [-0.1, -0.05) is 24.3 Å². The maximum atomic E-state index is 13.4. The number of amides is 1. The minimum Gasteiger partial charge on any atom is -0.376 e. The molecule has 2 saturated heterocycles. The van der Waals surface area contributed by atoms with Crippen molar-refractivity contribution in [2.75, 3.05) is 25.5 Å². The average Bonchev–Trinajstić information content (AvgIpc) is 3.08. The number of carbonyl (C=O) groups is 1. The molecule has 0 aromatic heterocycles. The fraction of sp³-hybridized carbons (Fsp3) is 0.550. The molecule has 1 amide bonds. The molecule has 7 atom stereocenters. The quantitative estimate of drug-likeness (QED) is 0.784. The molecule has 1 aromatic rings. The maximum absolute atomic E-state index is 13.4. The van der Waals surface area contributed by atoms with Gasteiger partial charge in [0, 0.05) is 35.5 Å². The molecule has 0 radical (unpaired) electrons. The van der Waals surface area contributed by atoms with E-state index < -0.39 is 5.41 Å². The summed E-state index contributed by atoms with van der Waals surface area (Å²) in [7, 11) is 2.21. The zero-order valence-electron chi connectivity index (χ0n) is 14.3. The summed E-state index contributed by atoms with van der Waals surface area (Å²) in [4.78, 5) is 15.9. The van der Waals surface area contributed by atoms with E-state index in [4.69, 9.17) is 4.74 Å². The molecule has 1 spiro atoms. The molecule has 5 heteroatoms. The number of rotatable bonds is 1. The number of hydrogen-bond acceptors (Lipinski definition) is 3. The highest BCUT2D eigenvalue weighted by Gasteiger charge is 2.79. The van der Waals surface area contributed by atoms with Crippen molar-refractivity contribution in [3.63, 3.8) is 0 Å². The second-order valence-corrected chi connectivity index (χ2v) is 8.40. The van der Waals surface area contributed by atoms with E-state index in [-0.39, 0.29) is 35.8 Å². The normalized spacial score (nSPS) is 48.4. The van der Waals surface area contributed by atoms with Gasteiger partial charge in [-0.05, 0) is 31.0 Å². The Morgan fingerprint density at radius 3 is 3.00 bits per heavy atom. The molecular formula is C20H23ClN2O2. The van der Waals surface area contributed by atoms with E-state index in [1.54, 1.807) is 0 Å². The number of nitrogens with zero attached hydrogens (tertiary/aromatic N) is 1. The zero-order chi connectivity index (χ0) is 16.3. The molecule has 5 aliphatic rings. The lowest BCUT2D eigenvalue weighted by atomic mass is 9.51. The number of para-hydroxylation sites is 1. The zero-order valence-corrected chi connectivity index (χ0v) is 15.1. The highest BCUT2D eigenvalue weighted by atomic mass is 35.5. The molecule has 5 bridgehead atoms. The fourth-order valence-electron chi connectivity index (χ4n) is 7.38. The maximum Gasteiger partial charge on any atom is 0.238 e. The first-order chi connectivity index (χ1) is 11.6. The number of carbonyl (C=O) groups excluding carboxylic acids is 1. The van der Waals surface area contributed by atoms with Crippen LogP contribution in [0.15, 0.2) is 36.9 Å². The Kier molecular flexibility index (Phi) is 2.96. The number of nitrogens with one attached hydrogen (secondary N) is 1. The summed E-state index contributed by atoms with van der Waals surface area (Å²) in [5, 5.41) is 3.18. The van der Waals surface area contributed by atoms with E-state index in [1.165, 1.54) is 0 Å². The summed E-state index contributed by atoms with van der Waals surface area (Å²) in [6, 6.07) is 8.64. The first kappa shape index (κ1) is 15.9. The van der Waals surface area contributed by atoms with E-state index >= 15 is 0 Å². The number of hydrogen-bond donors (Lipinski definition) is 1. The standard InChI is InChI=1S/C20H22N2O2.ClH/c1-3-19-10-22(2)16-11-9-24-15(8-13(11)19)20(17(16)19)12-6-4-5-7-14(12)21-18(20)23;/h3-7,11,13,15-17H,1,8-10H2,2H3,(H,21,23);1H/t11-,13?,15-,16?,17?,19+,20-;/m0./s1. The van der Waals surface area contributed by atoms with Crippen LogP contribution in [0.4, 0.5) is 5.69 Å². The topological polar surface area (TPSA) is 41.6 Å². The minimum atomic E-state index is -0.554. The largest absolute Gasteiger partial charge is 0.376 e. The predicted octanol–water partition coefficient (Wildman–Crippen LogP) is 2.45. The molecule has 25 heavy (non-hydrogen) atoms. The fourth-order valence-corrected chi connectivity index (χ4v) is 7.38. The van der Waals surface area contributed by atoms with Crippen LogP contribution in [0.1, 0.15) is 12.0 Å². The number of benzene rings is 1. The molecule has 2 aliphatic carbocycles. The summed E-state index contributed by atoms with van der Waals surface area (Å²) in [5.74, 6) is 1.56. The van der Waals surface area contributed by atoms with Gasteiger partial charge in [-0.25, -0.2) is 0 Å². The van der Waals surface area contributed by atoms with Gasteiger partial charge in [0.05, 0.1) is 12.7 Å². The lowest BCUT2D eigenvalue weighted by Gasteiger charge is -2.54. The van der Waals surface area contributed by atoms with Crippen LogP contribution in [0.5, 0.6) is 0 Å². The van der Waals surface area contributed by atoms with Crippen molar-refractivity contribution in [2.24, 2.45) is 23.2 Å². The Bertz CT molecular complexity index is 798. The Morgan fingerprint density at radius 2 is 2.20 bits per heavy atom.